The van der Waals surface area contributed by atoms with Gasteiger partial charge in [-0.25, -0.2) is 0 Å². The average molecular weight is 360 g/mol. The smallest absolute Gasteiger partial charge is 0.119 e. The van der Waals surface area contributed by atoms with E-state index in [4.69, 9.17) is 9.47 Å². The van der Waals surface area contributed by atoms with Crippen molar-refractivity contribution in [1.29, 1.82) is 0 Å². The van der Waals surface area contributed by atoms with Crippen molar-refractivity contribution in [2.45, 2.75) is 38.9 Å². The van der Waals surface area contributed by atoms with Gasteiger partial charge < -0.3 is 19.9 Å². The van der Waals surface area contributed by atoms with E-state index in [2.05, 4.69) is 21.2 Å². The molecule has 4 nitrogen and oxygen atoms in total. The largest absolute Gasteiger partial charge is 0.491 e. The molecule has 0 fully saturated rings. The van der Waals surface area contributed by atoms with Gasteiger partial charge in [0.25, 0.3) is 0 Å². The van der Waals surface area contributed by atoms with Crippen LogP contribution in [0.2, 0.25) is 0 Å². The first-order valence-electron chi connectivity index (χ1n) is 7.46. The molecule has 1 aromatic carbocycles. The first kappa shape index (κ1) is 18.4. The maximum atomic E-state index is 9.82. The first-order chi connectivity index (χ1) is 10.1. The summed E-state index contributed by atoms with van der Waals surface area (Å²) in [6.45, 7) is 6.61. The minimum atomic E-state index is -0.499. The Hall–Kier alpha value is -0.620. The lowest BCUT2D eigenvalue weighted by atomic mass is 10.3. The lowest BCUT2D eigenvalue weighted by Gasteiger charge is -2.13. The van der Waals surface area contributed by atoms with E-state index in [0.717, 1.165) is 36.2 Å². The van der Waals surface area contributed by atoms with Crippen molar-refractivity contribution in [1.82, 2.24) is 5.32 Å². The van der Waals surface area contributed by atoms with E-state index in [1.165, 1.54) is 0 Å². The van der Waals surface area contributed by atoms with Gasteiger partial charge in [0, 0.05) is 17.6 Å². The molecule has 2 N–H and O–H groups in total. The van der Waals surface area contributed by atoms with Crippen molar-refractivity contribution in [2.75, 3.05) is 26.3 Å². The zero-order valence-corrected chi connectivity index (χ0v) is 14.4. The second-order valence-electron chi connectivity index (χ2n) is 5.25. The van der Waals surface area contributed by atoms with Crippen LogP contribution >= 0.6 is 15.9 Å². The molecule has 120 valence electrons. The molecule has 0 radical (unpaired) electrons. The Balaban J connectivity index is 1.98. The van der Waals surface area contributed by atoms with Gasteiger partial charge in [-0.1, -0.05) is 15.9 Å². The maximum absolute atomic E-state index is 9.82. The van der Waals surface area contributed by atoms with Gasteiger partial charge in [-0.05, 0) is 57.5 Å². The summed E-state index contributed by atoms with van der Waals surface area (Å²) in [7, 11) is 0. The van der Waals surface area contributed by atoms with Crippen LogP contribution in [0.4, 0.5) is 0 Å². The molecule has 5 heteroatoms. The Morgan fingerprint density at radius 2 is 1.90 bits per heavy atom. The molecule has 0 amide bonds. The average Bonchev–Trinajstić information content (AvgIpc) is 2.45. The fourth-order valence-electron chi connectivity index (χ4n) is 1.72. The number of hydrogen-bond acceptors (Lipinski definition) is 4. The first-order valence-corrected chi connectivity index (χ1v) is 8.26. The monoisotopic (exact) mass is 359 g/mol. The Morgan fingerprint density at radius 1 is 1.19 bits per heavy atom. The predicted molar refractivity (Wildman–Crippen MR) is 88.8 cm³/mol. The Morgan fingerprint density at radius 3 is 2.57 bits per heavy atom. The van der Waals surface area contributed by atoms with Gasteiger partial charge in [0.1, 0.15) is 18.5 Å². The SMILES string of the molecule is CC(C)OCCCCNCC(O)COc1ccc(Br)cc1. The Bertz CT molecular complexity index is 370. The third kappa shape index (κ3) is 9.85. The highest BCUT2D eigenvalue weighted by molar-refractivity contribution is 9.10. The second-order valence-corrected chi connectivity index (χ2v) is 6.17. The number of nitrogens with one attached hydrogen (secondary N) is 1. The molecule has 21 heavy (non-hydrogen) atoms. The van der Waals surface area contributed by atoms with Crippen molar-refractivity contribution < 1.29 is 14.6 Å². The minimum Gasteiger partial charge on any atom is -0.491 e. The van der Waals surface area contributed by atoms with Crippen LogP contribution < -0.4 is 10.1 Å². The summed E-state index contributed by atoms with van der Waals surface area (Å²) in [5.74, 6) is 0.767. The topological polar surface area (TPSA) is 50.7 Å². The molecule has 0 aromatic heterocycles. The van der Waals surface area contributed by atoms with Crippen LogP contribution in [0.25, 0.3) is 0 Å². The Labute approximate surface area is 136 Å². The summed E-state index contributed by atoms with van der Waals surface area (Å²) in [5, 5.41) is 13.0. The fraction of sp³-hybridized carbons (Fsp3) is 0.625. The van der Waals surface area contributed by atoms with Gasteiger partial charge in [0.15, 0.2) is 0 Å². The minimum absolute atomic E-state index is 0.297. The number of halogens is 1. The Kier molecular flexibility index (Phi) is 9.67. The molecule has 0 saturated carbocycles. The normalized spacial score (nSPS) is 12.6. The molecule has 1 atom stereocenters. The summed E-state index contributed by atoms with van der Waals surface area (Å²) in [4.78, 5) is 0. The van der Waals surface area contributed by atoms with E-state index < -0.39 is 6.10 Å². The van der Waals surface area contributed by atoms with Gasteiger partial charge in [-0.2, -0.15) is 0 Å². The number of aliphatic hydroxyl groups is 1. The summed E-state index contributed by atoms with van der Waals surface area (Å²) < 4.78 is 12.0. The van der Waals surface area contributed by atoms with Crippen LogP contribution in [0.3, 0.4) is 0 Å². The predicted octanol–water partition coefficient (Wildman–Crippen LogP) is 2.98. The molecule has 1 aromatic rings. The van der Waals surface area contributed by atoms with Crippen molar-refractivity contribution in [2.24, 2.45) is 0 Å². The molecular weight excluding hydrogens is 334 g/mol. The number of hydrogen-bond donors (Lipinski definition) is 2. The standard InChI is InChI=1S/C16H26BrNO3/c1-13(2)20-10-4-3-9-18-11-15(19)12-21-16-7-5-14(17)6-8-16/h5-8,13,15,18-19H,3-4,9-12H2,1-2H3. The highest BCUT2D eigenvalue weighted by atomic mass is 79.9. The lowest BCUT2D eigenvalue weighted by Crippen LogP contribution is -2.32. The molecule has 0 aliphatic heterocycles. The zero-order chi connectivity index (χ0) is 15.5. The van der Waals surface area contributed by atoms with E-state index in [1.54, 1.807) is 0 Å². The zero-order valence-electron chi connectivity index (χ0n) is 12.8. The number of benzene rings is 1. The van der Waals surface area contributed by atoms with Gasteiger partial charge in [0.2, 0.25) is 0 Å². The summed E-state index contributed by atoms with van der Waals surface area (Å²) >= 11 is 3.37. The van der Waals surface area contributed by atoms with E-state index in [0.29, 0.717) is 19.3 Å². The molecule has 1 unspecified atom stereocenters. The molecule has 1 rings (SSSR count). The van der Waals surface area contributed by atoms with Gasteiger partial charge in [-0.3, -0.25) is 0 Å². The number of rotatable bonds is 11. The molecule has 0 spiro atoms. The van der Waals surface area contributed by atoms with Crippen molar-refractivity contribution >= 4 is 15.9 Å². The van der Waals surface area contributed by atoms with Crippen LogP contribution in [-0.2, 0) is 4.74 Å². The third-order valence-corrected chi connectivity index (χ3v) is 3.36. The van der Waals surface area contributed by atoms with Crippen LogP contribution in [0.15, 0.2) is 28.7 Å². The van der Waals surface area contributed by atoms with Gasteiger partial charge >= 0.3 is 0 Å². The number of unbranched alkanes of at least 4 members (excludes halogenated alkanes) is 1. The molecular formula is C16H26BrNO3. The lowest BCUT2D eigenvalue weighted by molar-refractivity contribution is 0.0755. The van der Waals surface area contributed by atoms with Crippen molar-refractivity contribution in [3.05, 3.63) is 28.7 Å². The van der Waals surface area contributed by atoms with E-state index >= 15 is 0 Å². The summed E-state index contributed by atoms with van der Waals surface area (Å²) in [5.41, 5.74) is 0. The highest BCUT2D eigenvalue weighted by Gasteiger charge is 2.04. The van der Waals surface area contributed by atoms with Crippen molar-refractivity contribution in [3.8, 4) is 5.75 Å². The van der Waals surface area contributed by atoms with E-state index in [1.807, 2.05) is 38.1 Å². The molecule has 0 aliphatic rings. The highest BCUT2D eigenvalue weighted by Crippen LogP contribution is 2.16. The van der Waals surface area contributed by atoms with Crippen molar-refractivity contribution in [3.63, 3.8) is 0 Å². The maximum Gasteiger partial charge on any atom is 0.119 e. The molecule has 0 bridgehead atoms. The van der Waals surface area contributed by atoms with E-state index in [9.17, 15) is 5.11 Å². The molecule has 0 aliphatic carbocycles. The number of aliphatic hydroxyl groups excluding tert-OH is 1. The molecule has 0 saturated heterocycles. The van der Waals surface area contributed by atoms with Crippen LogP contribution in [0.5, 0.6) is 5.75 Å². The van der Waals surface area contributed by atoms with E-state index in [-0.39, 0.29) is 0 Å². The second kappa shape index (κ2) is 11.0. The van der Waals surface area contributed by atoms with Crippen LogP contribution in [-0.4, -0.2) is 43.6 Å². The van der Waals surface area contributed by atoms with Gasteiger partial charge in [0.05, 0.1) is 6.10 Å². The number of ether oxygens (including phenoxy) is 2. The third-order valence-electron chi connectivity index (χ3n) is 2.84. The van der Waals surface area contributed by atoms with Gasteiger partial charge in [-0.15, -0.1) is 0 Å². The van der Waals surface area contributed by atoms with Crippen LogP contribution in [0.1, 0.15) is 26.7 Å². The quantitative estimate of drug-likeness (QED) is 0.596. The summed E-state index contributed by atoms with van der Waals surface area (Å²) in [6, 6.07) is 7.58. The fourth-order valence-corrected chi connectivity index (χ4v) is 1.99. The van der Waals surface area contributed by atoms with Crippen LogP contribution in [0, 0.1) is 0 Å². The summed E-state index contributed by atoms with van der Waals surface area (Å²) in [6.07, 6.45) is 1.89. The molecule has 0 heterocycles.